The minimum atomic E-state index is -0.628. The monoisotopic (exact) mass is 411 g/mol. The molecule has 13 heteroatoms. The van der Waals surface area contributed by atoms with Crippen LogP contribution in [0, 0.1) is 0 Å². The topological polar surface area (TPSA) is 172 Å². The minimum absolute atomic E-state index is 0.189. The van der Waals surface area contributed by atoms with Crippen molar-refractivity contribution in [1.29, 1.82) is 0 Å². The maximum absolute atomic E-state index is 11.9. The van der Waals surface area contributed by atoms with E-state index in [1.54, 1.807) is 35.9 Å². The van der Waals surface area contributed by atoms with Crippen LogP contribution in [0.3, 0.4) is 0 Å². The smallest absolute Gasteiger partial charge is 0.237 e. The fourth-order valence-electron chi connectivity index (χ4n) is 2.26. The van der Waals surface area contributed by atoms with Crippen LogP contribution in [0.25, 0.3) is 0 Å². The number of likely N-dealkylation sites (N-methyl/N-ethyl adjacent to an activating group) is 2. The number of hydrogen-bond donors (Lipinski definition) is 4. The molecule has 29 heavy (non-hydrogen) atoms. The Kier molecular flexibility index (Phi) is 10.4. The highest BCUT2D eigenvalue weighted by Crippen LogP contribution is 1.99. The third-order valence-electron chi connectivity index (χ3n) is 3.78. The second-order valence-corrected chi connectivity index (χ2v) is 6.25. The Morgan fingerprint density at radius 1 is 1.03 bits per heavy atom. The van der Waals surface area contributed by atoms with Gasteiger partial charge in [-0.1, -0.05) is 10.4 Å². The van der Waals surface area contributed by atoms with E-state index in [0.717, 1.165) is 5.69 Å². The first-order valence-electron chi connectivity index (χ1n) is 9.05. The van der Waals surface area contributed by atoms with Crippen LogP contribution in [0.1, 0.15) is 17.8 Å². The summed E-state index contributed by atoms with van der Waals surface area (Å²) < 4.78 is 15.0. The average Bonchev–Trinajstić information content (AvgIpc) is 3.33. The molecule has 2 amide bonds. The van der Waals surface area contributed by atoms with Crippen molar-refractivity contribution >= 4 is 11.8 Å². The van der Waals surface area contributed by atoms with Gasteiger partial charge in [0, 0.05) is 52.9 Å². The van der Waals surface area contributed by atoms with Gasteiger partial charge in [0.2, 0.25) is 11.8 Å². The molecule has 0 aliphatic carbocycles. The van der Waals surface area contributed by atoms with Gasteiger partial charge >= 0.3 is 0 Å². The number of nitrogens with zero attached hydrogens (tertiary/aromatic N) is 6. The van der Waals surface area contributed by atoms with E-state index < -0.39 is 12.1 Å². The highest BCUT2D eigenvalue weighted by atomic mass is 18.2. The number of aromatic nitrogens is 6. The largest absolute Gasteiger partial charge is 0.358 e. The first kappa shape index (κ1) is 24.1. The van der Waals surface area contributed by atoms with Gasteiger partial charge in [0.1, 0.15) is 0 Å². The highest BCUT2D eigenvalue weighted by Gasteiger charge is 2.14. The maximum atomic E-state index is 11.9. The molecule has 12 nitrogen and oxygen atoms in total. The van der Waals surface area contributed by atoms with Crippen molar-refractivity contribution in [1.82, 2.24) is 40.6 Å². The SMILES string of the molecule is CNC(=O)C(N)Cc1cn(C)nn1.CNC(=O)C(N)Cc1cn(CCC[18F])nn1. The van der Waals surface area contributed by atoms with Gasteiger partial charge in [0.25, 0.3) is 0 Å². The number of aryl methyl sites for hydroxylation is 2. The lowest BCUT2D eigenvalue weighted by molar-refractivity contribution is -0.122. The predicted molar refractivity (Wildman–Crippen MR) is 103 cm³/mol. The van der Waals surface area contributed by atoms with Crippen LogP contribution in [0.4, 0.5) is 4.39 Å². The normalized spacial score (nSPS) is 12.5. The summed E-state index contributed by atoms with van der Waals surface area (Å²) in [4.78, 5) is 22.2. The Bertz CT molecular complexity index is 762. The molecule has 2 atom stereocenters. The Labute approximate surface area is 168 Å². The zero-order valence-corrected chi connectivity index (χ0v) is 16.9. The Hall–Kier alpha value is -2.93. The van der Waals surface area contributed by atoms with Crippen molar-refractivity contribution in [2.45, 2.75) is 37.9 Å². The molecular weight excluding hydrogens is 382 g/mol. The predicted octanol–water partition coefficient (Wildman–Crippen LogP) is -2.32. The molecule has 2 aromatic rings. The van der Waals surface area contributed by atoms with Crippen LogP contribution in [0.2, 0.25) is 0 Å². The highest BCUT2D eigenvalue weighted by molar-refractivity contribution is 5.81. The Morgan fingerprint density at radius 3 is 2.00 bits per heavy atom. The van der Waals surface area contributed by atoms with E-state index in [2.05, 4.69) is 31.3 Å². The Morgan fingerprint density at radius 2 is 1.55 bits per heavy atom. The van der Waals surface area contributed by atoms with Gasteiger partial charge in [0.05, 0.1) is 30.1 Å². The van der Waals surface area contributed by atoms with Gasteiger partial charge in [-0.15, -0.1) is 10.2 Å². The summed E-state index contributed by atoms with van der Waals surface area (Å²) in [6, 6.07) is -1.18. The number of nitrogens with one attached hydrogen (secondary N) is 2. The molecule has 0 spiro atoms. The van der Waals surface area contributed by atoms with Gasteiger partial charge < -0.3 is 22.1 Å². The van der Waals surface area contributed by atoms with E-state index in [-0.39, 0.29) is 18.5 Å². The molecule has 0 saturated carbocycles. The van der Waals surface area contributed by atoms with Crippen molar-refractivity contribution in [2.24, 2.45) is 18.5 Å². The second-order valence-electron chi connectivity index (χ2n) is 6.25. The van der Waals surface area contributed by atoms with Crippen LogP contribution in [0.15, 0.2) is 12.4 Å². The van der Waals surface area contributed by atoms with Gasteiger partial charge in [-0.3, -0.25) is 23.3 Å². The minimum Gasteiger partial charge on any atom is -0.358 e. The number of carbonyl (C=O) groups excluding carboxylic acids is 2. The van der Waals surface area contributed by atoms with Crippen molar-refractivity contribution in [2.75, 3.05) is 20.8 Å². The lowest BCUT2D eigenvalue weighted by Crippen LogP contribution is -2.40. The maximum Gasteiger partial charge on any atom is 0.237 e. The van der Waals surface area contributed by atoms with Crippen LogP contribution in [-0.2, 0) is 36.0 Å². The molecule has 0 aliphatic heterocycles. The lowest BCUT2D eigenvalue weighted by atomic mass is 10.2. The molecule has 0 saturated heterocycles. The van der Waals surface area contributed by atoms with Crippen molar-refractivity contribution in [3.8, 4) is 0 Å². The molecule has 0 bridgehead atoms. The van der Waals surface area contributed by atoms with Crippen molar-refractivity contribution in [3.63, 3.8) is 0 Å². The van der Waals surface area contributed by atoms with Gasteiger partial charge in [-0.05, 0) is 6.42 Å². The van der Waals surface area contributed by atoms with E-state index in [9.17, 15) is 14.0 Å². The van der Waals surface area contributed by atoms with E-state index in [4.69, 9.17) is 11.5 Å². The van der Waals surface area contributed by atoms with Crippen molar-refractivity contribution in [3.05, 3.63) is 23.8 Å². The van der Waals surface area contributed by atoms with Gasteiger partial charge in [0.15, 0.2) is 0 Å². The number of halogens is 1. The van der Waals surface area contributed by atoms with Crippen LogP contribution in [-0.4, -0.2) is 74.7 Å². The quantitative estimate of drug-likeness (QED) is 0.356. The van der Waals surface area contributed by atoms with E-state index in [1.807, 2.05) is 0 Å². The number of hydrogen-bond acceptors (Lipinski definition) is 8. The summed E-state index contributed by atoms with van der Waals surface area (Å²) in [7, 11) is 4.85. The molecule has 162 valence electrons. The number of nitrogens with two attached hydrogens (primary N) is 2. The van der Waals surface area contributed by atoms with Gasteiger partial charge in [-0.2, -0.15) is 0 Å². The van der Waals surface area contributed by atoms with Crippen LogP contribution < -0.4 is 22.1 Å². The molecule has 2 aromatic heterocycles. The van der Waals surface area contributed by atoms with E-state index in [0.29, 0.717) is 31.5 Å². The molecule has 0 fully saturated rings. The zero-order valence-electron chi connectivity index (χ0n) is 16.9. The molecule has 0 aliphatic rings. The van der Waals surface area contributed by atoms with Crippen molar-refractivity contribution < 1.29 is 14.0 Å². The molecular formula is C16H29FN10O2. The molecule has 2 heterocycles. The van der Waals surface area contributed by atoms with Crippen LogP contribution >= 0.6 is 0 Å². The molecule has 0 aromatic carbocycles. The second kappa shape index (κ2) is 12.5. The summed E-state index contributed by atoms with van der Waals surface area (Å²) in [6.07, 6.45) is 4.56. The van der Waals surface area contributed by atoms with Gasteiger partial charge in [-0.25, -0.2) is 0 Å². The molecule has 6 N–H and O–H groups in total. The standard InChI is InChI=1S/C9H16FN5O.C7H13N5O/c1-12-9(16)8(11)5-7-6-15(14-13-7)4-2-3-10;1-9-7(13)6(8)3-5-4-12(2)11-10-5/h6,8H,2-5,11H2,1H3,(H,12,16);4,6H,3,8H2,1-2H3,(H,9,13)/i10-1;. The lowest BCUT2D eigenvalue weighted by Gasteiger charge is -2.06. The molecule has 0 radical (unpaired) electrons. The fourth-order valence-corrected chi connectivity index (χ4v) is 2.26. The number of carbonyl (C=O) groups is 2. The summed E-state index contributed by atoms with van der Waals surface area (Å²) in [6.45, 7) is 0.103. The first-order chi connectivity index (χ1) is 13.8. The summed E-state index contributed by atoms with van der Waals surface area (Å²) in [5.41, 5.74) is 12.6. The summed E-state index contributed by atoms with van der Waals surface area (Å²) in [5.74, 6) is -0.427. The fraction of sp³-hybridized carbons (Fsp3) is 0.625. The van der Waals surface area contributed by atoms with Crippen LogP contribution in [0.5, 0.6) is 0 Å². The number of rotatable bonds is 9. The third kappa shape index (κ3) is 8.74. The number of alkyl halides is 1. The Balaban J connectivity index is 0.000000296. The average molecular weight is 411 g/mol. The molecule has 2 unspecified atom stereocenters. The third-order valence-corrected chi connectivity index (χ3v) is 3.78. The first-order valence-corrected chi connectivity index (χ1v) is 9.05. The van der Waals surface area contributed by atoms with E-state index >= 15 is 0 Å². The molecule has 2 rings (SSSR count). The zero-order chi connectivity index (χ0) is 21.8. The number of amides is 2. The summed E-state index contributed by atoms with van der Waals surface area (Å²) in [5, 5.41) is 20.2. The van der Waals surface area contributed by atoms with E-state index in [1.165, 1.54) is 7.05 Å². The summed E-state index contributed by atoms with van der Waals surface area (Å²) >= 11 is 0.